The number of halogens is 2. The fourth-order valence-corrected chi connectivity index (χ4v) is 2.42. The summed E-state index contributed by atoms with van der Waals surface area (Å²) in [4.78, 5) is 11.2. The first-order valence-corrected chi connectivity index (χ1v) is 7.41. The summed E-state index contributed by atoms with van der Waals surface area (Å²) in [6, 6.07) is 9.10. The molecule has 0 spiro atoms. The average molecular weight is 303 g/mol. The molecule has 1 N–H and O–H groups in total. The molecule has 3 nitrogen and oxygen atoms in total. The van der Waals surface area contributed by atoms with E-state index in [1.807, 2.05) is 6.26 Å². The highest BCUT2D eigenvalue weighted by molar-refractivity contribution is 7.98. The number of pyridine rings is 1. The zero-order valence-corrected chi connectivity index (χ0v) is 11.9. The maximum Gasteiger partial charge on any atom is 0.213 e. The molecule has 3 aromatic rings. The highest BCUT2D eigenvalue weighted by atomic mass is 32.2. The van der Waals surface area contributed by atoms with Crippen LogP contribution in [0.15, 0.2) is 47.8 Å². The predicted octanol–water partition coefficient (Wildman–Crippen LogP) is 4.14. The van der Waals surface area contributed by atoms with Crippen LogP contribution in [-0.2, 0) is 0 Å². The molecule has 3 rings (SSSR count). The standard InChI is InChI=1S/C15H11F2N3S/c1-21-15-19-13(9-2-4-11(16)5-3-9)14(20-15)10-6-7-18-12(17)8-10/h2-8H,1H3,(H,19,20). The molecule has 0 saturated heterocycles. The third-order valence-corrected chi connectivity index (χ3v) is 3.59. The Bertz CT molecular complexity index is 769. The highest BCUT2D eigenvalue weighted by Gasteiger charge is 2.14. The van der Waals surface area contributed by atoms with Crippen LogP contribution in [0.1, 0.15) is 0 Å². The molecular weight excluding hydrogens is 292 g/mol. The number of rotatable bonds is 3. The van der Waals surface area contributed by atoms with E-state index in [4.69, 9.17) is 0 Å². The first-order chi connectivity index (χ1) is 10.2. The maximum atomic E-state index is 13.3. The summed E-state index contributed by atoms with van der Waals surface area (Å²) in [6.07, 6.45) is 3.29. The molecule has 0 saturated carbocycles. The Balaban J connectivity index is 2.16. The minimum absolute atomic E-state index is 0.306. The third-order valence-electron chi connectivity index (χ3n) is 3.01. The van der Waals surface area contributed by atoms with E-state index in [1.54, 1.807) is 18.2 Å². The number of nitrogens with zero attached hydrogens (tertiary/aromatic N) is 2. The van der Waals surface area contributed by atoms with E-state index in [9.17, 15) is 8.78 Å². The molecule has 0 aliphatic rings. The quantitative estimate of drug-likeness (QED) is 0.584. The number of hydrogen-bond acceptors (Lipinski definition) is 3. The Morgan fingerprint density at radius 3 is 2.48 bits per heavy atom. The Kier molecular flexibility index (Phi) is 3.70. The van der Waals surface area contributed by atoms with Gasteiger partial charge >= 0.3 is 0 Å². The zero-order chi connectivity index (χ0) is 14.8. The van der Waals surface area contributed by atoms with Gasteiger partial charge in [0.2, 0.25) is 5.95 Å². The smallest absolute Gasteiger partial charge is 0.213 e. The SMILES string of the molecule is CSc1nc(-c2ccnc(F)c2)c(-c2ccc(F)cc2)[nH]1. The summed E-state index contributed by atoms with van der Waals surface area (Å²) in [7, 11) is 0. The molecule has 0 unspecified atom stereocenters. The zero-order valence-electron chi connectivity index (χ0n) is 11.1. The molecule has 106 valence electrons. The second-order valence-corrected chi connectivity index (χ2v) is 5.14. The molecule has 1 aromatic carbocycles. The highest BCUT2D eigenvalue weighted by Crippen LogP contribution is 2.32. The van der Waals surface area contributed by atoms with Crippen LogP contribution in [0, 0.1) is 11.8 Å². The number of nitrogens with one attached hydrogen (secondary N) is 1. The fraction of sp³-hybridized carbons (Fsp3) is 0.0667. The van der Waals surface area contributed by atoms with Gasteiger partial charge in [-0.25, -0.2) is 14.4 Å². The van der Waals surface area contributed by atoms with Crippen LogP contribution in [0.25, 0.3) is 22.5 Å². The second-order valence-electron chi connectivity index (χ2n) is 4.34. The Labute approximate surface area is 124 Å². The van der Waals surface area contributed by atoms with E-state index in [1.165, 1.54) is 36.2 Å². The van der Waals surface area contributed by atoms with Crippen molar-refractivity contribution < 1.29 is 8.78 Å². The summed E-state index contributed by atoms with van der Waals surface area (Å²) >= 11 is 1.45. The number of H-pyrrole nitrogens is 1. The minimum Gasteiger partial charge on any atom is -0.332 e. The predicted molar refractivity (Wildman–Crippen MR) is 79.0 cm³/mol. The van der Waals surface area contributed by atoms with Crippen molar-refractivity contribution in [2.75, 3.05) is 6.26 Å². The van der Waals surface area contributed by atoms with Gasteiger partial charge in [0.1, 0.15) is 5.82 Å². The number of aromatic amines is 1. The molecule has 0 aliphatic heterocycles. The first kappa shape index (κ1) is 13.8. The average Bonchev–Trinajstić information content (AvgIpc) is 2.92. The molecule has 0 radical (unpaired) electrons. The lowest BCUT2D eigenvalue weighted by Gasteiger charge is -2.03. The van der Waals surface area contributed by atoms with E-state index in [0.29, 0.717) is 16.4 Å². The molecule has 0 aliphatic carbocycles. The second kappa shape index (κ2) is 5.65. The Morgan fingerprint density at radius 2 is 1.81 bits per heavy atom. The monoisotopic (exact) mass is 303 g/mol. The van der Waals surface area contributed by atoms with Crippen LogP contribution in [0.5, 0.6) is 0 Å². The van der Waals surface area contributed by atoms with Gasteiger partial charge < -0.3 is 4.98 Å². The van der Waals surface area contributed by atoms with Gasteiger partial charge in [-0.3, -0.25) is 0 Å². The van der Waals surface area contributed by atoms with Gasteiger partial charge in [0.25, 0.3) is 0 Å². The van der Waals surface area contributed by atoms with E-state index in [0.717, 1.165) is 11.3 Å². The fourth-order valence-electron chi connectivity index (χ4n) is 2.03. The third kappa shape index (κ3) is 2.80. The lowest BCUT2D eigenvalue weighted by Crippen LogP contribution is -1.87. The topological polar surface area (TPSA) is 41.6 Å². The van der Waals surface area contributed by atoms with Crippen LogP contribution in [0.4, 0.5) is 8.78 Å². The number of aromatic nitrogens is 3. The van der Waals surface area contributed by atoms with Gasteiger partial charge in [0, 0.05) is 23.4 Å². The molecule has 0 bridgehead atoms. The van der Waals surface area contributed by atoms with E-state index < -0.39 is 5.95 Å². The van der Waals surface area contributed by atoms with Crippen molar-refractivity contribution in [1.29, 1.82) is 0 Å². The molecule has 2 heterocycles. The molecule has 2 aromatic heterocycles. The Morgan fingerprint density at radius 1 is 1.05 bits per heavy atom. The molecule has 6 heteroatoms. The largest absolute Gasteiger partial charge is 0.332 e. The molecule has 21 heavy (non-hydrogen) atoms. The summed E-state index contributed by atoms with van der Waals surface area (Å²) in [5.74, 6) is -0.869. The number of benzene rings is 1. The van der Waals surface area contributed by atoms with Gasteiger partial charge in [0.05, 0.1) is 11.4 Å². The van der Waals surface area contributed by atoms with Gasteiger partial charge in [-0.2, -0.15) is 4.39 Å². The van der Waals surface area contributed by atoms with Gasteiger partial charge in [0.15, 0.2) is 5.16 Å². The van der Waals surface area contributed by atoms with Gasteiger partial charge in [-0.05, 0) is 36.6 Å². The molecule has 0 fully saturated rings. The van der Waals surface area contributed by atoms with Crippen LogP contribution in [-0.4, -0.2) is 21.2 Å². The van der Waals surface area contributed by atoms with Crippen molar-refractivity contribution in [3.8, 4) is 22.5 Å². The van der Waals surface area contributed by atoms with Crippen LogP contribution >= 0.6 is 11.8 Å². The van der Waals surface area contributed by atoms with Crippen molar-refractivity contribution in [3.63, 3.8) is 0 Å². The van der Waals surface area contributed by atoms with Crippen molar-refractivity contribution >= 4 is 11.8 Å². The number of imidazole rings is 1. The Hall–Kier alpha value is -2.21. The maximum absolute atomic E-state index is 13.3. The lowest BCUT2D eigenvalue weighted by atomic mass is 10.1. The van der Waals surface area contributed by atoms with Crippen molar-refractivity contribution in [2.24, 2.45) is 0 Å². The van der Waals surface area contributed by atoms with Gasteiger partial charge in [-0.1, -0.05) is 11.8 Å². The summed E-state index contributed by atoms with van der Waals surface area (Å²) in [5.41, 5.74) is 2.76. The summed E-state index contributed by atoms with van der Waals surface area (Å²) in [5, 5.41) is 0.710. The normalized spacial score (nSPS) is 10.8. The van der Waals surface area contributed by atoms with Crippen molar-refractivity contribution in [2.45, 2.75) is 5.16 Å². The number of thioether (sulfide) groups is 1. The lowest BCUT2D eigenvalue weighted by molar-refractivity contribution is 0.584. The van der Waals surface area contributed by atoms with Crippen molar-refractivity contribution in [3.05, 3.63) is 54.4 Å². The summed E-state index contributed by atoms with van der Waals surface area (Å²) in [6.45, 7) is 0. The van der Waals surface area contributed by atoms with Gasteiger partial charge in [-0.15, -0.1) is 0 Å². The van der Waals surface area contributed by atoms with Crippen LogP contribution < -0.4 is 0 Å². The van der Waals surface area contributed by atoms with E-state index in [-0.39, 0.29) is 5.82 Å². The van der Waals surface area contributed by atoms with E-state index in [2.05, 4.69) is 15.0 Å². The summed E-state index contributed by atoms with van der Waals surface area (Å²) < 4.78 is 26.4. The molecule has 0 atom stereocenters. The number of hydrogen-bond donors (Lipinski definition) is 1. The van der Waals surface area contributed by atoms with Crippen LogP contribution in [0.2, 0.25) is 0 Å². The molecular formula is C15H11F2N3S. The minimum atomic E-state index is -0.564. The molecule has 0 amide bonds. The van der Waals surface area contributed by atoms with Crippen molar-refractivity contribution in [1.82, 2.24) is 15.0 Å². The first-order valence-electron chi connectivity index (χ1n) is 6.19. The van der Waals surface area contributed by atoms with E-state index >= 15 is 0 Å². The van der Waals surface area contributed by atoms with Crippen LogP contribution in [0.3, 0.4) is 0 Å².